The SMILES string of the molecule is CCOC(=O)C1=C(C)N=c2sc(=Cc3ccc(Cl)cc3Cl)c(=O)n2C1c1cccs1. The Morgan fingerprint density at radius 3 is 2.80 bits per heavy atom. The molecule has 30 heavy (non-hydrogen) atoms. The van der Waals surface area contributed by atoms with Gasteiger partial charge < -0.3 is 4.74 Å². The molecular weight excluding hydrogens is 463 g/mol. The van der Waals surface area contributed by atoms with E-state index in [-0.39, 0.29) is 12.2 Å². The molecule has 0 saturated heterocycles. The highest BCUT2D eigenvalue weighted by atomic mass is 35.5. The fraction of sp³-hybridized carbons (Fsp3) is 0.190. The first-order valence-electron chi connectivity index (χ1n) is 9.08. The monoisotopic (exact) mass is 478 g/mol. The van der Waals surface area contributed by atoms with Crippen LogP contribution in [0.1, 0.15) is 30.3 Å². The number of hydrogen-bond donors (Lipinski definition) is 0. The van der Waals surface area contributed by atoms with Crippen molar-refractivity contribution < 1.29 is 9.53 Å². The van der Waals surface area contributed by atoms with Gasteiger partial charge in [-0.15, -0.1) is 11.3 Å². The quantitative estimate of drug-likeness (QED) is 0.528. The number of benzene rings is 1. The molecule has 4 rings (SSSR count). The second kappa shape index (κ2) is 8.51. The number of carbonyl (C=O) groups is 1. The van der Waals surface area contributed by atoms with Crippen molar-refractivity contribution in [1.82, 2.24) is 4.57 Å². The highest BCUT2D eigenvalue weighted by molar-refractivity contribution is 7.10. The Hall–Kier alpha value is -2.19. The zero-order chi connectivity index (χ0) is 21.4. The Bertz CT molecular complexity index is 1340. The number of fused-ring (bicyclic) bond motifs is 1. The lowest BCUT2D eigenvalue weighted by Crippen LogP contribution is -2.39. The molecule has 1 aliphatic rings. The van der Waals surface area contributed by atoms with E-state index in [0.29, 0.717) is 36.2 Å². The number of esters is 1. The molecule has 3 aromatic rings. The van der Waals surface area contributed by atoms with Gasteiger partial charge in [0, 0.05) is 14.9 Å². The first kappa shape index (κ1) is 21.1. The van der Waals surface area contributed by atoms with E-state index in [0.717, 1.165) is 4.88 Å². The average molecular weight is 479 g/mol. The van der Waals surface area contributed by atoms with Crippen molar-refractivity contribution in [2.24, 2.45) is 4.99 Å². The minimum absolute atomic E-state index is 0.238. The summed E-state index contributed by atoms with van der Waals surface area (Å²) in [4.78, 5) is 32.0. The van der Waals surface area contributed by atoms with Crippen molar-refractivity contribution in [3.05, 3.63) is 87.2 Å². The predicted octanol–water partition coefficient (Wildman–Crippen LogP) is 4.17. The minimum atomic E-state index is -0.580. The number of rotatable bonds is 4. The topological polar surface area (TPSA) is 60.7 Å². The second-order valence-corrected chi connectivity index (χ2v) is 9.32. The van der Waals surface area contributed by atoms with Crippen LogP contribution in [0.3, 0.4) is 0 Å². The molecule has 3 heterocycles. The molecule has 1 aromatic carbocycles. The molecular formula is C21H16Cl2N2O3S2. The Kier molecular flexibility index (Phi) is 5.97. The summed E-state index contributed by atoms with van der Waals surface area (Å²) in [5, 5.41) is 2.88. The molecule has 0 spiro atoms. The number of aromatic nitrogens is 1. The fourth-order valence-corrected chi connectivity index (χ4v) is 5.59. The molecule has 0 amide bonds. The number of thiazole rings is 1. The number of ether oxygens (including phenoxy) is 1. The van der Waals surface area contributed by atoms with Crippen LogP contribution >= 0.6 is 45.9 Å². The van der Waals surface area contributed by atoms with E-state index in [2.05, 4.69) is 4.99 Å². The molecule has 0 saturated carbocycles. The minimum Gasteiger partial charge on any atom is -0.463 e. The number of hydrogen-bond acceptors (Lipinski definition) is 6. The summed E-state index contributed by atoms with van der Waals surface area (Å²) in [7, 11) is 0. The van der Waals surface area contributed by atoms with Crippen molar-refractivity contribution in [3.8, 4) is 0 Å². The fourth-order valence-electron chi connectivity index (χ4n) is 3.27. The Morgan fingerprint density at radius 2 is 2.13 bits per heavy atom. The standard InChI is InChI=1S/C21H16Cl2N2O3S2/c1-3-28-20(27)17-11(2)24-21-25(18(17)15-5-4-8-29-15)19(26)16(30-21)9-12-6-7-13(22)10-14(12)23/h4-10,18H,3H2,1-2H3. The summed E-state index contributed by atoms with van der Waals surface area (Å²) in [5.41, 5.74) is 1.37. The lowest BCUT2D eigenvalue weighted by atomic mass is 10.0. The van der Waals surface area contributed by atoms with Gasteiger partial charge in [0.1, 0.15) is 6.04 Å². The van der Waals surface area contributed by atoms with Crippen LogP contribution in [-0.4, -0.2) is 17.1 Å². The zero-order valence-corrected chi connectivity index (χ0v) is 19.2. The maximum absolute atomic E-state index is 13.4. The number of nitrogens with zero attached hydrogens (tertiary/aromatic N) is 2. The Morgan fingerprint density at radius 1 is 1.33 bits per heavy atom. The molecule has 5 nitrogen and oxygen atoms in total. The van der Waals surface area contributed by atoms with Crippen molar-refractivity contribution in [1.29, 1.82) is 0 Å². The number of halogens is 2. The normalized spacial score (nSPS) is 16.4. The molecule has 0 bridgehead atoms. The maximum atomic E-state index is 13.4. The molecule has 0 N–H and O–H groups in total. The van der Waals surface area contributed by atoms with Crippen molar-refractivity contribution in [2.45, 2.75) is 19.9 Å². The molecule has 2 aromatic heterocycles. The summed E-state index contributed by atoms with van der Waals surface area (Å²) in [6, 6.07) is 8.32. The van der Waals surface area contributed by atoms with Gasteiger partial charge in [0.2, 0.25) is 0 Å². The number of allylic oxidation sites excluding steroid dienone is 1. The molecule has 1 atom stereocenters. The lowest BCUT2D eigenvalue weighted by molar-refractivity contribution is -0.139. The van der Waals surface area contributed by atoms with Crippen molar-refractivity contribution in [2.75, 3.05) is 6.61 Å². The third-order valence-corrected chi connectivity index (χ3v) is 7.05. The first-order chi connectivity index (χ1) is 14.4. The summed E-state index contributed by atoms with van der Waals surface area (Å²) >= 11 is 15.0. The molecule has 9 heteroatoms. The molecule has 1 aliphatic heterocycles. The second-order valence-electron chi connectivity index (χ2n) is 6.48. The third-order valence-electron chi connectivity index (χ3n) is 4.58. The van der Waals surface area contributed by atoms with Gasteiger partial charge in [0.15, 0.2) is 4.80 Å². The summed E-state index contributed by atoms with van der Waals surface area (Å²) in [6.07, 6.45) is 1.72. The van der Waals surface area contributed by atoms with E-state index < -0.39 is 12.0 Å². The molecule has 154 valence electrons. The third kappa shape index (κ3) is 3.78. The number of thiophene rings is 1. The van der Waals surface area contributed by atoms with Crippen LogP contribution in [-0.2, 0) is 9.53 Å². The molecule has 1 unspecified atom stereocenters. The highest BCUT2D eigenvalue weighted by Crippen LogP contribution is 2.33. The van der Waals surface area contributed by atoms with Crippen LogP contribution in [0.4, 0.5) is 0 Å². The van der Waals surface area contributed by atoms with E-state index in [9.17, 15) is 9.59 Å². The van der Waals surface area contributed by atoms with Crippen molar-refractivity contribution in [3.63, 3.8) is 0 Å². The average Bonchev–Trinajstić information content (AvgIpc) is 3.32. The van der Waals surface area contributed by atoms with Gasteiger partial charge in [-0.2, -0.15) is 0 Å². The van der Waals surface area contributed by atoms with E-state index >= 15 is 0 Å². The van der Waals surface area contributed by atoms with Gasteiger partial charge in [-0.1, -0.05) is 46.7 Å². The van der Waals surface area contributed by atoms with Crippen LogP contribution in [0.5, 0.6) is 0 Å². The van der Waals surface area contributed by atoms with Crippen LogP contribution < -0.4 is 14.9 Å². The van der Waals surface area contributed by atoms with Gasteiger partial charge >= 0.3 is 5.97 Å². The van der Waals surface area contributed by atoms with Crippen molar-refractivity contribution >= 4 is 57.9 Å². The van der Waals surface area contributed by atoms with Crippen LogP contribution in [0.2, 0.25) is 10.0 Å². The Labute approximate surface area is 190 Å². The van der Waals surface area contributed by atoms with Crippen LogP contribution in [0, 0.1) is 0 Å². The molecule has 0 aliphatic carbocycles. The van der Waals surface area contributed by atoms with E-state index in [4.69, 9.17) is 27.9 Å². The summed E-state index contributed by atoms with van der Waals surface area (Å²) in [6.45, 7) is 3.76. The van der Waals surface area contributed by atoms with Crippen LogP contribution in [0.15, 0.2) is 56.8 Å². The largest absolute Gasteiger partial charge is 0.463 e. The summed E-state index contributed by atoms with van der Waals surface area (Å²) in [5.74, 6) is -0.466. The van der Waals surface area contributed by atoms with E-state index in [1.54, 1.807) is 42.7 Å². The van der Waals surface area contributed by atoms with Crippen LogP contribution in [0.25, 0.3) is 6.08 Å². The van der Waals surface area contributed by atoms with Gasteiger partial charge in [-0.3, -0.25) is 9.36 Å². The Balaban J connectivity index is 1.95. The van der Waals surface area contributed by atoms with E-state index in [1.165, 1.54) is 22.7 Å². The van der Waals surface area contributed by atoms with Gasteiger partial charge in [-0.05, 0) is 49.1 Å². The molecule has 0 radical (unpaired) electrons. The molecule has 0 fully saturated rings. The maximum Gasteiger partial charge on any atom is 0.338 e. The zero-order valence-electron chi connectivity index (χ0n) is 16.0. The van der Waals surface area contributed by atoms with Gasteiger partial charge in [0.25, 0.3) is 5.56 Å². The van der Waals surface area contributed by atoms with Gasteiger partial charge in [0.05, 0.1) is 22.4 Å². The summed E-state index contributed by atoms with van der Waals surface area (Å²) < 4.78 is 7.29. The predicted molar refractivity (Wildman–Crippen MR) is 121 cm³/mol. The lowest BCUT2D eigenvalue weighted by Gasteiger charge is -2.23. The number of carbonyl (C=O) groups excluding carboxylic acids is 1. The smallest absolute Gasteiger partial charge is 0.338 e. The van der Waals surface area contributed by atoms with Gasteiger partial charge in [-0.25, -0.2) is 9.79 Å². The first-order valence-corrected chi connectivity index (χ1v) is 11.5. The van der Waals surface area contributed by atoms with E-state index in [1.807, 2.05) is 17.5 Å². The highest BCUT2D eigenvalue weighted by Gasteiger charge is 2.33.